The van der Waals surface area contributed by atoms with Crippen molar-refractivity contribution in [1.82, 2.24) is 19.9 Å². The van der Waals surface area contributed by atoms with Crippen molar-refractivity contribution in [2.45, 2.75) is 0 Å². The zero-order valence-corrected chi connectivity index (χ0v) is 24.4. The number of rotatable bonds is 6. The summed E-state index contributed by atoms with van der Waals surface area (Å²) >= 11 is 5.93. The molecule has 0 unspecified atom stereocenters. The van der Waals surface area contributed by atoms with Gasteiger partial charge in [0.15, 0.2) is 0 Å². The first-order chi connectivity index (χ1) is 20.7. The van der Waals surface area contributed by atoms with Crippen LogP contribution in [0.5, 0.6) is 0 Å². The largest absolute Gasteiger partial charge is 0.340 e. The Balaban J connectivity index is 0.000000174. The maximum absolute atomic E-state index is 5.93. The van der Waals surface area contributed by atoms with Gasteiger partial charge in [-0.3, -0.25) is 0 Å². The molecule has 9 heteroatoms. The molecule has 0 saturated heterocycles. The summed E-state index contributed by atoms with van der Waals surface area (Å²) in [5.41, 5.74) is 4.64. The number of hydrogen-bond acceptors (Lipinski definition) is 7. The molecule has 7 rings (SSSR count). The van der Waals surface area contributed by atoms with Crippen LogP contribution in [-0.2, 0) is 0 Å². The van der Waals surface area contributed by atoms with Crippen LogP contribution in [0, 0.1) is 0 Å². The van der Waals surface area contributed by atoms with Crippen molar-refractivity contribution in [3.63, 3.8) is 0 Å². The summed E-state index contributed by atoms with van der Waals surface area (Å²) in [6, 6.07) is 45.5. The Labute approximate surface area is 260 Å². The smallest absolute Gasteiger partial charge is 0.229 e. The molecule has 0 aliphatic rings. The molecule has 3 N–H and O–H groups in total. The standard InChI is InChI=1S/C20H16N4.C14H10ClN3.ClH/c1-3-9-15(10-4-1)21-19-17-13-7-8-14-18(17)23-20(24-19)22-16-11-5-2-6-12-16;15-14-17-12-9-5-4-8-11(12)13(18-14)16-10-6-2-1-3-7-10;/h1-14H,(H2,21,22,23,24);1-9H,(H,16,17,18);1H. The first-order valence-electron chi connectivity index (χ1n) is 13.4. The normalized spacial score (nSPS) is 10.3. The van der Waals surface area contributed by atoms with Gasteiger partial charge in [-0.05, 0) is 72.3 Å². The first-order valence-corrected chi connectivity index (χ1v) is 13.7. The Bertz CT molecular complexity index is 1920. The number of nitrogens with zero attached hydrogens (tertiary/aromatic N) is 4. The summed E-state index contributed by atoms with van der Waals surface area (Å²) in [7, 11) is 0. The summed E-state index contributed by atoms with van der Waals surface area (Å²) in [5, 5.41) is 12.1. The van der Waals surface area contributed by atoms with E-state index in [1.165, 1.54) is 0 Å². The zero-order valence-electron chi connectivity index (χ0n) is 22.9. The average Bonchev–Trinajstić information content (AvgIpc) is 3.03. The summed E-state index contributed by atoms with van der Waals surface area (Å²) in [6.45, 7) is 0. The Morgan fingerprint density at radius 1 is 0.395 bits per heavy atom. The lowest BCUT2D eigenvalue weighted by atomic mass is 10.2. The topological polar surface area (TPSA) is 87.7 Å². The summed E-state index contributed by atoms with van der Waals surface area (Å²) in [4.78, 5) is 17.7. The monoisotopic (exact) mass is 603 g/mol. The number of anilines is 6. The molecular formula is C34H27Cl2N7. The molecule has 212 valence electrons. The van der Waals surface area contributed by atoms with Crippen molar-refractivity contribution in [3.8, 4) is 0 Å². The molecule has 0 aliphatic carbocycles. The molecule has 0 amide bonds. The quantitative estimate of drug-likeness (QED) is 0.163. The number of hydrogen-bond donors (Lipinski definition) is 3. The van der Waals surface area contributed by atoms with Crippen LogP contribution >= 0.6 is 24.0 Å². The van der Waals surface area contributed by atoms with Gasteiger partial charge in [0.1, 0.15) is 11.6 Å². The van der Waals surface area contributed by atoms with E-state index in [2.05, 4.69) is 35.9 Å². The van der Waals surface area contributed by atoms with Crippen molar-refractivity contribution in [2.75, 3.05) is 16.0 Å². The summed E-state index contributed by atoms with van der Waals surface area (Å²) in [6.07, 6.45) is 0. The highest BCUT2D eigenvalue weighted by Crippen LogP contribution is 2.27. The summed E-state index contributed by atoms with van der Waals surface area (Å²) in [5.74, 6) is 2.07. The lowest BCUT2D eigenvalue weighted by Gasteiger charge is -2.12. The average molecular weight is 605 g/mol. The highest BCUT2D eigenvalue weighted by molar-refractivity contribution is 6.28. The molecule has 0 saturated carbocycles. The van der Waals surface area contributed by atoms with Crippen LogP contribution in [0.2, 0.25) is 5.28 Å². The van der Waals surface area contributed by atoms with Gasteiger partial charge >= 0.3 is 0 Å². The van der Waals surface area contributed by atoms with Crippen molar-refractivity contribution >= 4 is 80.5 Å². The minimum Gasteiger partial charge on any atom is -0.340 e. The van der Waals surface area contributed by atoms with E-state index in [1.54, 1.807) is 0 Å². The van der Waals surface area contributed by atoms with Crippen molar-refractivity contribution in [1.29, 1.82) is 0 Å². The van der Waals surface area contributed by atoms with Crippen LogP contribution in [0.4, 0.5) is 34.6 Å². The molecule has 0 aliphatic heterocycles. The third-order valence-corrected chi connectivity index (χ3v) is 6.45. The fraction of sp³-hybridized carbons (Fsp3) is 0. The number of halogens is 2. The van der Waals surface area contributed by atoms with E-state index in [4.69, 9.17) is 11.6 Å². The van der Waals surface area contributed by atoms with E-state index < -0.39 is 0 Å². The zero-order chi connectivity index (χ0) is 28.6. The van der Waals surface area contributed by atoms with E-state index in [-0.39, 0.29) is 17.7 Å². The third kappa shape index (κ3) is 7.54. The number of benzene rings is 5. The predicted octanol–water partition coefficient (Wildman–Crippen LogP) is 9.57. The number of para-hydroxylation sites is 5. The van der Waals surface area contributed by atoms with Crippen molar-refractivity contribution in [3.05, 3.63) is 145 Å². The molecule has 7 nitrogen and oxygen atoms in total. The van der Waals surface area contributed by atoms with Gasteiger partial charge in [-0.2, -0.15) is 9.97 Å². The third-order valence-electron chi connectivity index (χ3n) is 6.28. The van der Waals surface area contributed by atoms with Crippen LogP contribution in [0.25, 0.3) is 21.8 Å². The predicted molar refractivity (Wildman–Crippen MR) is 181 cm³/mol. The van der Waals surface area contributed by atoms with Gasteiger partial charge in [0, 0.05) is 27.8 Å². The molecule has 2 heterocycles. The molecule has 2 aromatic heterocycles. The Kier molecular flexibility index (Phi) is 9.59. The molecule has 0 fully saturated rings. The van der Waals surface area contributed by atoms with E-state index in [9.17, 15) is 0 Å². The van der Waals surface area contributed by atoms with Crippen LogP contribution < -0.4 is 16.0 Å². The fourth-order valence-electron chi connectivity index (χ4n) is 4.34. The molecule has 7 aromatic rings. The van der Waals surface area contributed by atoms with Crippen LogP contribution in [0.1, 0.15) is 0 Å². The van der Waals surface area contributed by atoms with E-state index in [1.807, 2.05) is 140 Å². The second kappa shape index (κ2) is 14.1. The maximum atomic E-state index is 5.93. The molecule has 0 radical (unpaired) electrons. The first kappa shape index (κ1) is 29.3. The van der Waals surface area contributed by atoms with Gasteiger partial charge in [0.2, 0.25) is 11.2 Å². The van der Waals surface area contributed by atoms with Crippen LogP contribution in [-0.4, -0.2) is 19.9 Å². The number of fused-ring (bicyclic) bond motifs is 2. The fourth-order valence-corrected chi connectivity index (χ4v) is 4.51. The second-order valence-electron chi connectivity index (χ2n) is 9.24. The van der Waals surface area contributed by atoms with Crippen molar-refractivity contribution < 1.29 is 0 Å². The second-order valence-corrected chi connectivity index (χ2v) is 9.58. The van der Waals surface area contributed by atoms with Gasteiger partial charge in [0.05, 0.1) is 11.0 Å². The van der Waals surface area contributed by atoms with E-state index >= 15 is 0 Å². The highest BCUT2D eigenvalue weighted by atomic mass is 35.5. The van der Waals surface area contributed by atoms with Crippen LogP contribution in [0.15, 0.2) is 140 Å². The maximum Gasteiger partial charge on any atom is 0.229 e. The lowest BCUT2D eigenvalue weighted by molar-refractivity contribution is 1.21. The van der Waals surface area contributed by atoms with E-state index in [0.29, 0.717) is 5.95 Å². The minimum absolute atomic E-state index is 0. The van der Waals surface area contributed by atoms with Gasteiger partial charge < -0.3 is 16.0 Å². The minimum atomic E-state index is 0. The number of nitrogens with one attached hydrogen (secondary N) is 3. The van der Waals surface area contributed by atoms with Gasteiger partial charge in [-0.1, -0.05) is 78.9 Å². The lowest BCUT2D eigenvalue weighted by Crippen LogP contribution is -2.02. The van der Waals surface area contributed by atoms with Crippen molar-refractivity contribution in [2.24, 2.45) is 0 Å². The molecule has 5 aromatic carbocycles. The molecule has 0 atom stereocenters. The Morgan fingerprint density at radius 2 is 0.791 bits per heavy atom. The van der Waals surface area contributed by atoms with Gasteiger partial charge in [-0.15, -0.1) is 12.4 Å². The van der Waals surface area contributed by atoms with Crippen LogP contribution in [0.3, 0.4) is 0 Å². The molecule has 43 heavy (non-hydrogen) atoms. The van der Waals surface area contributed by atoms with Gasteiger partial charge in [0.25, 0.3) is 0 Å². The Hall–Kier alpha value is -5.24. The molecular weight excluding hydrogens is 577 g/mol. The summed E-state index contributed by atoms with van der Waals surface area (Å²) < 4.78 is 0. The Morgan fingerprint density at radius 3 is 1.30 bits per heavy atom. The van der Waals surface area contributed by atoms with E-state index in [0.717, 1.165) is 50.5 Å². The molecule has 0 spiro atoms. The number of aromatic nitrogens is 4. The SMILES string of the molecule is Cl.Clc1nc(Nc2ccccc2)c2ccccc2n1.c1ccc(Nc2nc(Nc3ccccc3)c3ccccc3n2)cc1. The van der Waals surface area contributed by atoms with Gasteiger partial charge in [-0.25, -0.2) is 9.97 Å². The highest BCUT2D eigenvalue weighted by Gasteiger charge is 2.09. The molecule has 0 bridgehead atoms.